The van der Waals surface area contributed by atoms with Crippen molar-refractivity contribution in [2.45, 2.75) is 142 Å². The topological polar surface area (TPSA) is 101 Å². The number of allylic oxidation sites excluding steroid dienone is 3. The molecule has 0 heterocycles. The summed E-state index contributed by atoms with van der Waals surface area (Å²) in [5, 5.41) is 16.8. The maximum absolute atomic E-state index is 11.1. The minimum Gasteiger partial charge on any atom is -1.00 e. The molecule has 6 nitrogen and oxygen atoms in total. The number of aliphatic hydroxyl groups excluding tert-OH is 1. The number of halogens is 1. The molecule has 0 aliphatic heterocycles. The van der Waals surface area contributed by atoms with Crippen molar-refractivity contribution < 1.29 is 41.7 Å². The summed E-state index contributed by atoms with van der Waals surface area (Å²) >= 11 is 0. The Hall–Kier alpha value is -1.15. The van der Waals surface area contributed by atoms with Crippen LogP contribution in [-0.2, 0) is 19.1 Å². The standard InChI is InChI=1S/C12H22O2.C8H18O.C7H14O.C6H12.C4H6O2.CH3.ClH.Mg/c1-6-7-12(13)14-11(5)8-10(4)9(2)3;1-6(2)7(3)5-8(4)9;1-6(2)7(3)4-5-8;1-5(2)6(3)4;1-2-3-4(5)6;;;/h6-7,9-11H,8H2,1-5H3;6-9H,5H2,1-4H3;5-7H,4H2,1-3H3;6H,1H2,2-4H3;2-3H,1H3,(H,5,6);1H3;1H;/q;;;;;-1;;+2/p-1/b7-6+;;;;3-2+;;;. The molecule has 0 bridgehead atoms. The van der Waals surface area contributed by atoms with Crippen LogP contribution in [0.4, 0.5) is 0 Å². The molecule has 0 fully saturated rings. The predicted molar refractivity (Wildman–Crippen MR) is 198 cm³/mol. The molecular formula is C38H75ClMgO6. The zero-order chi connectivity index (χ0) is 35.3. The van der Waals surface area contributed by atoms with Crippen LogP contribution in [0.2, 0.25) is 0 Å². The molecule has 8 heteroatoms. The van der Waals surface area contributed by atoms with E-state index in [0.29, 0.717) is 47.8 Å². The first-order chi connectivity index (χ1) is 19.6. The van der Waals surface area contributed by atoms with E-state index in [1.165, 1.54) is 17.7 Å². The van der Waals surface area contributed by atoms with E-state index in [-0.39, 0.29) is 61.1 Å². The van der Waals surface area contributed by atoms with E-state index < -0.39 is 5.97 Å². The number of carboxylic acids is 1. The molecule has 0 aromatic rings. The van der Waals surface area contributed by atoms with Gasteiger partial charge in [-0.2, -0.15) is 0 Å². The van der Waals surface area contributed by atoms with Gasteiger partial charge in [-0.05, 0) is 88.9 Å². The maximum Gasteiger partial charge on any atom is 2.00 e. The van der Waals surface area contributed by atoms with Crippen molar-refractivity contribution >= 4 is 41.3 Å². The number of aliphatic hydroxyl groups is 1. The first-order valence-electron chi connectivity index (χ1n) is 16.1. The molecule has 0 aromatic heterocycles. The van der Waals surface area contributed by atoms with Gasteiger partial charge in [0, 0.05) is 18.6 Å². The minimum absolute atomic E-state index is 0. The SMILES string of the molecule is C/C=C/C(=O)O.C/C=C/C(=O)OC(C)CC(C)C(C)C.C=C(C)C(C)C.CC(C)C(C)CC=O.CC(O)CC(C)C(C)C.[CH3-].[Cl-].[Mg+2]. The van der Waals surface area contributed by atoms with Crippen LogP contribution in [0.1, 0.15) is 130 Å². The van der Waals surface area contributed by atoms with Gasteiger partial charge in [-0.15, -0.1) is 0 Å². The second-order valence-electron chi connectivity index (χ2n) is 13.0. The van der Waals surface area contributed by atoms with E-state index in [1.54, 1.807) is 13.0 Å². The number of esters is 1. The van der Waals surface area contributed by atoms with Gasteiger partial charge in [0.15, 0.2) is 0 Å². The number of carboxylic acid groups (broad SMARTS) is 1. The predicted octanol–water partition coefficient (Wildman–Crippen LogP) is 7.03. The summed E-state index contributed by atoms with van der Waals surface area (Å²) in [7, 11) is 0. The molecule has 2 N–H and O–H groups in total. The van der Waals surface area contributed by atoms with E-state index in [2.05, 4.69) is 82.7 Å². The van der Waals surface area contributed by atoms with Crippen molar-refractivity contribution in [1.29, 1.82) is 0 Å². The van der Waals surface area contributed by atoms with Crippen molar-refractivity contribution in [2.24, 2.45) is 41.4 Å². The summed E-state index contributed by atoms with van der Waals surface area (Å²) in [6, 6.07) is 0. The molecule has 0 saturated carbocycles. The van der Waals surface area contributed by atoms with Gasteiger partial charge >= 0.3 is 35.0 Å². The Bertz CT molecular complexity index is 745. The molecule has 0 radical (unpaired) electrons. The van der Waals surface area contributed by atoms with Gasteiger partial charge in [-0.25, -0.2) is 9.59 Å². The Balaban J connectivity index is -0.0000000669. The van der Waals surface area contributed by atoms with E-state index >= 15 is 0 Å². The summed E-state index contributed by atoms with van der Waals surface area (Å²) < 4.78 is 5.19. The third kappa shape index (κ3) is 58.4. The second kappa shape index (κ2) is 41.9. The molecular weight excluding hydrogens is 612 g/mol. The number of aldehydes is 1. The van der Waals surface area contributed by atoms with E-state index in [0.717, 1.165) is 25.2 Å². The first kappa shape index (κ1) is 63.5. The Labute approximate surface area is 309 Å². The third-order valence-electron chi connectivity index (χ3n) is 7.21. The Morgan fingerprint density at radius 1 is 0.739 bits per heavy atom. The van der Waals surface area contributed by atoms with Crippen LogP contribution in [0, 0.1) is 48.9 Å². The summed E-state index contributed by atoms with van der Waals surface area (Å²) in [5.74, 6) is 3.28. The Kier molecular flexibility index (Phi) is 57.8. The van der Waals surface area contributed by atoms with Gasteiger partial charge in [0.1, 0.15) is 6.29 Å². The van der Waals surface area contributed by atoms with Gasteiger partial charge in [0.2, 0.25) is 0 Å². The minimum atomic E-state index is -0.891. The van der Waals surface area contributed by atoms with Crippen LogP contribution in [-0.4, -0.2) is 63.7 Å². The molecule has 0 spiro atoms. The van der Waals surface area contributed by atoms with Gasteiger partial charge in [0.05, 0.1) is 12.2 Å². The second-order valence-corrected chi connectivity index (χ2v) is 13.0. The smallest absolute Gasteiger partial charge is 1.00 e. The molecule has 0 aliphatic rings. The van der Waals surface area contributed by atoms with Gasteiger partial charge in [-0.3, -0.25) is 0 Å². The molecule has 0 saturated heterocycles. The number of hydrogen-bond acceptors (Lipinski definition) is 5. The van der Waals surface area contributed by atoms with E-state index in [4.69, 9.17) is 14.9 Å². The van der Waals surface area contributed by atoms with Crippen LogP contribution in [0.15, 0.2) is 36.5 Å². The fraction of sp³-hybridized carbons (Fsp3) is 0.737. The fourth-order valence-electron chi connectivity index (χ4n) is 2.59. The number of aliphatic carboxylic acids is 1. The van der Waals surface area contributed by atoms with Crippen molar-refractivity contribution in [3.8, 4) is 0 Å². The molecule has 0 rings (SSSR count). The molecule has 5 unspecified atom stereocenters. The summed E-state index contributed by atoms with van der Waals surface area (Å²) in [6.07, 6.45) is 9.14. The average molecular weight is 688 g/mol. The Morgan fingerprint density at radius 3 is 1.26 bits per heavy atom. The van der Waals surface area contributed by atoms with Crippen molar-refractivity contribution in [3.05, 3.63) is 43.9 Å². The van der Waals surface area contributed by atoms with Crippen LogP contribution >= 0.6 is 0 Å². The summed E-state index contributed by atoms with van der Waals surface area (Å²) in [5.41, 5.74) is 1.26. The third-order valence-corrected chi connectivity index (χ3v) is 7.21. The molecule has 0 aliphatic carbocycles. The van der Waals surface area contributed by atoms with Gasteiger partial charge in [0.25, 0.3) is 0 Å². The van der Waals surface area contributed by atoms with E-state index in [1.807, 2.05) is 27.7 Å². The maximum atomic E-state index is 11.1. The summed E-state index contributed by atoms with van der Waals surface area (Å²) in [6.45, 7) is 36.8. The summed E-state index contributed by atoms with van der Waals surface area (Å²) in [4.78, 5) is 30.5. The Morgan fingerprint density at radius 2 is 1.09 bits per heavy atom. The quantitative estimate of drug-likeness (QED) is 0.0539. The fourth-order valence-corrected chi connectivity index (χ4v) is 2.59. The number of ether oxygens (including phenoxy) is 1. The number of rotatable bonds is 13. The number of carbonyl (C=O) groups is 3. The molecule has 0 aromatic carbocycles. The molecule has 46 heavy (non-hydrogen) atoms. The molecule has 0 amide bonds. The van der Waals surface area contributed by atoms with Crippen molar-refractivity contribution in [2.75, 3.05) is 0 Å². The number of hydrogen-bond donors (Lipinski definition) is 2. The zero-order valence-electron chi connectivity index (χ0n) is 33.0. The largest absolute Gasteiger partial charge is 2.00 e. The first-order valence-corrected chi connectivity index (χ1v) is 16.1. The van der Waals surface area contributed by atoms with E-state index in [9.17, 15) is 14.4 Å². The van der Waals surface area contributed by atoms with Crippen molar-refractivity contribution in [1.82, 2.24) is 0 Å². The van der Waals surface area contributed by atoms with Crippen molar-refractivity contribution in [3.63, 3.8) is 0 Å². The molecule has 272 valence electrons. The van der Waals surface area contributed by atoms with Crippen LogP contribution < -0.4 is 12.4 Å². The van der Waals surface area contributed by atoms with Gasteiger partial charge in [-0.1, -0.05) is 100 Å². The van der Waals surface area contributed by atoms with Crippen LogP contribution in [0.3, 0.4) is 0 Å². The zero-order valence-corrected chi connectivity index (χ0v) is 35.2. The monoisotopic (exact) mass is 687 g/mol. The van der Waals surface area contributed by atoms with Gasteiger partial charge < -0.3 is 39.6 Å². The van der Waals surface area contributed by atoms with Crippen LogP contribution in [0.25, 0.3) is 0 Å². The average Bonchev–Trinajstić information content (AvgIpc) is 2.85. The number of carbonyl (C=O) groups excluding carboxylic acids is 2. The molecule has 5 atom stereocenters. The van der Waals surface area contributed by atoms with Crippen LogP contribution in [0.5, 0.6) is 0 Å². The normalized spacial score (nSPS) is 13.2.